The minimum Gasteiger partial charge on any atom is -0.494 e. The minimum absolute atomic E-state index is 0.133. The third-order valence-corrected chi connectivity index (χ3v) is 4.50. The van der Waals surface area contributed by atoms with Gasteiger partial charge in [-0.05, 0) is 27.7 Å². The van der Waals surface area contributed by atoms with E-state index in [1.54, 1.807) is 30.5 Å². The molecule has 3 rings (SSSR count). The van der Waals surface area contributed by atoms with Crippen LogP contribution in [0.4, 0.5) is 10.6 Å². The van der Waals surface area contributed by atoms with Crippen LogP contribution in [0.1, 0.15) is 27.7 Å². The Morgan fingerprint density at radius 1 is 1.32 bits per heavy atom. The van der Waals surface area contributed by atoms with E-state index < -0.39 is 5.60 Å². The molecule has 28 heavy (non-hydrogen) atoms. The molecule has 3 heterocycles. The van der Waals surface area contributed by atoms with Crippen molar-refractivity contribution in [2.24, 2.45) is 5.92 Å². The molecule has 1 aliphatic rings. The highest BCUT2D eigenvalue weighted by atomic mass is 16.6. The van der Waals surface area contributed by atoms with Gasteiger partial charge in [-0.3, -0.25) is 10.1 Å². The zero-order valence-electron chi connectivity index (χ0n) is 16.9. The van der Waals surface area contributed by atoms with Crippen molar-refractivity contribution >= 4 is 11.9 Å². The van der Waals surface area contributed by atoms with Gasteiger partial charge in [-0.15, -0.1) is 0 Å². The number of nitrogens with two attached hydrogens (primary N) is 1. The average Bonchev–Trinajstić information content (AvgIpc) is 2.97. The number of amides is 1. The number of aromatic amines is 1. The monoisotopic (exact) mass is 389 g/mol. The van der Waals surface area contributed by atoms with Crippen LogP contribution in [0.15, 0.2) is 18.5 Å². The van der Waals surface area contributed by atoms with E-state index in [9.17, 15) is 4.79 Å². The first-order valence-electron chi connectivity index (χ1n) is 9.15. The van der Waals surface area contributed by atoms with Crippen LogP contribution in [0.2, 0.25) is 0 Å². The normalized spacial score (nSPS) is 15.7. The van der Waals surface area contributed by atoms with E-state index >= 15 is 0 Å². The highest BCUT2D eigenvalue weighted by Gasteiger charge is 2.38. The molecule has 152 valence electrons. The van der Waals surface area contributed by atoms with Crippen LogP contribution in [0.5, 0.6) is 11.5 Å². The molecule has 0 spiro atoms. The Balaban J connectivity index is 1.69. The van der Waals surface area contributed by atoms with Crippen molar-refractivity contribution in [1.29, 1.82) is 0 Å². The van der Waals surface area contributed by atoms with Gasteiger partial charge >= 0.3 is 6.09 Å². The number of carbonyl (C=O) groups excluding carboxylic acids is 1. The van der Waals surface area contributed by atoms with Crippen LogP contribution >= 0.6 is 0 Å². The standard InChI is InChI=1S/C19H27N5O4/c1-11(12-9-24(10-12)18(25)28-19(2,3)4)27-15-8-21-7-14(26-5)17(15)13-6-16(20)23-22-13/h6-8,11-12H,9-10H2,1-5H3,(H3,20,22,23)/t11-/m1/s1. The number of pyridine rings is 1. The van der Waals surface area contributed by atoms with Gasteiger partial charge in [-0.2, -0.15) is 5.10 Å². The number of hydrogen-bond acceptors (Lipinski definition) is 7. The summed E-state index contributed by atoms with van der Waals surface area (Å²) in [6.45, 7) is 8.70. The topological polar surface area (TPSA) is 116 Å². The number of anilines is 1. The second kappa shape index (κ2) is 7.57. The average molecular weight is 389 g/mol. The molecule has 2 aromatic rings. The molecule has 3 N–H and O–H groups in total. The van der Waals surface area contributed by atoms with Gasteiger partial charge in [0.2, 0.25) is 0 Å². The summed E-state index contributed by atoms with van der Waals surface area (Å²) in [5, 5.41) is 6.85. The maximum Gasteiger partial charge on any atom is 0.410 e. The fourth-order valence-electron chi connectivity index (χ4n) is 2.98. The molecule has 9 heteroatoms. The predicted octanol–water partition coefficient (Wildman–Crippen LogP) is 2.70. The van der Waals surface area contributed by atoms with Gasteiger partial charge in [0.25, 0.3) is 0 Å². The number of nitrogens with zero attached hydrogens (tertiary/aromatic N) is 3. The summed E-state index contributed by atoms with van der Waals surface area (Å²) in [4.78, 5) is 18.0. The highest BCUT2D eigenvalue weighted by molar-refractivity contribution is 5.74. The Morgan fingerprint density at radius 3 is 2.57 bits per heavy atom. The van der Waals surface area contributed by atoms with Crippen LogP contribution in [0.25, 0.3) is 11.3 Å². The largest absolute Gasteiger partial charge is 0.494 e. The van der Waals surface area contributed by atoms with E-state index in [1.807, 2.05) is 27.7 Å². The lowest BCUT2D eigenvalue weighted by molar-refractivity contribution is -0.0212. The number of nitrogens with one attached hydrogen (secondary N) is 1. The molecule has 0 aliphatic carbocycles. The van der Waals surface area contributed by atoms with Gasteiger partial charge in [0.15, 0.2) is 5.75 Å². The molecule has 2 aromatic heterocycles. The Bertz CT molecular complexity index is 839. The van der Waals surface area contributed by atoms with E-state index in [1.165, 1.54) is 0 Å². The molecular formula is C19H27N5O4. The molecule has 1 atom stereocenters. The third-order valence-electron chi connectivity index (χ3n) is 4.50. The lowest BCUT2D eigenvalue weighted by atomic mass is 9.95. The van der Waals surface area contributed by atoms with E-state index in [-0.39, 0.29) is 18.1 Å². The summed E-state index contributed by atoms with van der Waals surface area (Å²) in [6, 6.07) is 1.71. The number of nitrogen functional groups attached to an aromatic ring is 1. The van der Waals surface area contributed by atoms with Crippen LogP contribution in [-0.4, -0.2) is 58.1 Å². The van der Waals surface area contributed by atoms with Crippen molar-refractivity contribution in [3.8, 4) is 22.8 Å². The number of ether oxygens (including phenoxy) is 3. The van der Waals surface area contributed by atoms with Crippen molar-refractivity contribution in [3.05, 3.63) is 18.5 Å². The van der Waals surface area contributed by atoms with Crippen LogP contribution in [-0.2, 0) is 4.74 Å². The van der Waals surface area contributed by atoms with Gasteiger partial charge < -0.3 is 24.8 Å². The number of carbonyl (C=O) groups is 1. The lowest BCUT2D eigenvalue weighted by Crippen LogP contribution is -2.55. The number of rotatable bonds is 5. The summed E-state index contributed by atoms with van der Waals surface area (Å²) >= 11 is 0. The van der Waals surface area contributed by atoms with Gasteiger partial charge in [0, 0.05) is 25.1 Å². The lowest BCUT2D eigenvalue weighted by Gasteiger charge is -2.42. The summed E-state index contributed by atoms with van der Waals surface area (Å²) < 4.78 is 17.0. The molecule has 1 aliphatic heterocycles. The molecule has 0 saturated carbocycles. The summed E-state index contributed by atoms with van der Waals surface area (Å²) in [5.41, 5.74) is 6.62. The molecule has 9 nitrogen and oxygen atoms in total. The van der Waals surface area contributed by atoms with Gasteiger partial charge in [0.05, 0.1) is 30.8 Å². The predicted molar refractivity (Wildman–Crippen MR) is 104 cm³/mol. The number of H-pyrrole nitrogens is 1. The van der Waals surface area contributed by atoms with Crippen molar-refractivity contribution in [1.82, 2.24) is 20.1 Å². The summed E-state index contributed by atoms with van der Waals surface area (Å²) in [5.74, 6) is 1.68. The number of hydrogen-bond donors (Lipinski definition) is 2. The Kier molecular flexibility index (Phi) is 5.35. The summed E-state index contributed by atoms with van der Waals surface area (Å²) in [7, 11) is 1.57. The zero-order valence-corrected chi connectivity index (χ0v) is 16.9. The van der Waals surface area contributed by atoms with Crippen LogP contribution < -0.4 is 15.2 Å². The molecule has 0 unspecified atom stereocenters. The number of likely N-dealkylation sites (tertiary alicyclic amines) is 1. The first kappa shape index (κ1) is 19.8. The maximum absolute atomic E-state index is 12.1. The first-order chi connectivity index (χ1) is 13.2. The highest BCUT2D eigenvalue weighted by Crippen LogP contribution is 2.38. The van der Waals surface area contributed by atoms with Gasteiger partial charge in [-0.1, -0.05) is 0 Å². The molecule has 1 amide bonds. The maximum atomic E-state index is 12.1. The van der Waals surface area contributed by atoms with Gasteiger partial charge in [-0.25, -0.2) is 4.79 Å². The first-order valence-corrected chi connectivity index (χ1v) is 9.15. The van der Waals surface area contributed by atoms with E-state index in [2.05, 4.69) is 15.2 Å². The second-order valence-electron chi connectivity index (χ2n) is 7.89. The summed E-state index contributed by atoms with van der Waals surface area (Å²) in [6.07, 6.45) is 2.81. The van der Waals surface area contributed by atoms with E-state index in [0.717, 1.165) is 0 Å². The second-order valence-corrected chi connectivity index (χ2v) is 7.89. The van der Waals surface area contributed by atoms with E-state index in [4.69, 9.17) is 19.9 Å². The van der Waals surface area contributed by atoms with Crippen molar-refractivity contribution in [2.45, 2.75) is 39.4 Å². The van der Waals surface area contributed by atoms with Crippen LogP contribution in [0.3, 0.4) is 0 Å². The van der Waals surface area contributed by atoms with Crippen molar-refractivity contribution in [3.63, 3.8) is 0 Å². The van der Waals surface area contributed by atoms with Crippen LogP contribution in [0, 0.1) is 5.92 Å². The fraction of sp³-hybridized carbons (Fsp3) is 0.526. The molecule has 1 saturated heterocycles. The fourth-order valence-corrected chi connectivity index (χ4v) is 2.98. The molecule has 0 radical (unpaired) electrons. The Labute approximate surface area is 164 Å². The zero-order chi connectivity index (χ0) is 20.5. The number of methoxy groups -OCH3 is 1. The SMILES string of the molecule is COc1cncc(O[C@H](C)C2CN(C(=O)OC(C)(C)C)C2)c1-c1cc(N)n[nH]1. The molecule has 0 aromatic carbocycles. The molecule has 0 bridgehead atoms. The Hall–Kier alpha value is -2.97. The minimum atomic E-state index is -0.503. The molecular weight excluding hydrogens is 362 g/mol. The smallest absolute Gasteiger partial charge is 0.410 e. The van der Waals surface area contributed by atoms with Gasteiger partial charge in [0.1, 0.15) is 23.3 Å². The number of aromatic nitrogens is 3. The molecule has 1 fully saturated rings. The van der Waals surface area contributed by atoms with Crippen molar-refractivity contribution in [2.75, 3.05) is 25.9 Å². The third kappa shape index (κ3) is 4.29. The Morgan fingerprint density at radius 2 is 2.00 bits per heavy atom. The van der Waals surface area contributed by atoms with E-state index in [0.29, 0.717) is 41.7 Å². The van der Waals surface area contributed by atoms with Crippen molar-refractivity contribution < 1.29 is 19.0 Å². The quantitative estimate of drug-likeness (QED) is 0.807.